The minimum Gasteiger partial charge on any atom is -0.315 e. The number of fused-ring (bicyclic) bond motifs is 1. The van der Waals surface area contributed by atoms with E-state index >= 15 is 0 Å². The molecular weight excluding hydrogens is 250 g/mol. The molecule has 0 radical (unpaired) electrons. The summed E-state index contributed by atoms with van der Waals surface area (Å²) in [5, 5.41) is 4.76. The van der Waals surface area contributed by atoms with E-state index in [4.69, 9.17) is 0 Å². The van der Waals surface area contributed by atoms with Crippen molar-refractivity contribution in [1.29, 1.82) is 0 Å². The highest BCUT2D eigenvalue weighted by molar-refractivity contribution is 7.19. The normalized spacial score (nSPS) is 12.6. The molecule has 1 N–H and O–H groups in total. The molecule has 0 atom stereocenters. The Balaban J connectivity index is 2.70. The van der Waals surface area contributed by atoms with Crippen LogP contribution in [0.15, 0.2) is 18.2 Å². The molecule has 2 aromatic rings. The molecule has 0 saturated heterocycles. The topological polar surface area (TPSA) is 12.0 Å². The van der Waals surface area contributed by atoms with Gasteiger partial charge in [0.1, 0.15) is 0 Å². The Morgan fingerprint density at radius 2 is 1.89 bits per heavy atom. The first-order valence-electron chi connectivity index (χ1n) is 7.05. The SMILES string of the molecule is CNCc1sc2ccc(C(C)C)cc2c1C(C)(C)C. The van der Waals surface area contributed by atoms with Crippen LogP contribution < -0.4 is 5.32 Å². The summed E-state index contributed by atoms with van der Waals surface area (Å²) in [5.74, 6) is 0.588. The van der Waals surface area contributed by atoms with Crippen LogP contribution in [0, 0.1) is 0 Å². The first kappa shape index (κ1) is 14.5. The number of nitrogens with one attached hydrogen (secondary N) is 1. The third-order valence-corrected chi connectivity index (χ3v) is 4.71. The Labute approximate surface area is 121 Å². The van der Waals surface area contributed by atoms with E-state index in [1.165, 1.54) is 26.1 Å². The molecule has 0 aliphatic heterocycles. The van der Waals surface area contributed by atoms with Crippen LogP contribution in [0.1, 0.15) is 56.5 Å². The summed E-state index contributed by atoms with van der Waals surface area (Å²) >= 11 is 1.93. The van der Waals surface area contributed by atoms with Crippen molar-refractivity contribution in [1.82, 2.24) is 5.32 Å². The Morgan fingerprint density at radius 1 is 1.21 bits per heavy atom. The number of rotatable bonds is 3. The van der Waals surface area contributed by atoms with E-state index in [1.807, 2.05) is 18.4 Å². The Hall–Kier alpha value is -0.860. The number of thiophene rings is 1. The van der Waals surface area contributed by atoms with E-state index < -0.39 is 0 Å². The molecule has 1 heterocycles. The van der Waals surface area contributed by atoms with Crippen LogP contribution in [-0.4, -0.2) is 7.05 Å². The standard InChI is InChI=1S/C17H25NS/c1-11(2)12-7-8-14-13(9-12)16(17(3,4)5)15(19-14)10-18-6/h7-9,11,18H,10H2,1-6H3. The summed E-state index contributed by atoms with van der Waals surface area (Å²) in [6.45, 7) is 12.4. The van der Waals surface area contributed by atoms with Crippen LogP contribution in [0.4, 0.5) is 0 Å². The summed E-state index contributed by atoms with van der Waals surface area (Å²) in [7, 11) is 2.02. The van der Waals surface area contributed by atoms with Crippen LogP contribution in [0.5, 0.6) is 0 Å². The second-order valence-corrected chi connectivity index (χ2v) is 7.73. The van der Waals surface area contributed by atoms with E-state index in [-0.39, 0.29) is 5.41 Å². The van der Waals surface area contributed by atoms with Gasteiger partial charge < -0.3 is 5.32 Å². The highest BCUT2D eigenvalue weighted by Gasteiger charge is 2.23. The van der Waals surface area contributed by atoms with Gasteiger partial charge in [-0.1, -0.05) is 40.7 Å². The van der Waals surface area contributed by atoms with Gasteiger partial charge in [-0.2, -0.15) is 0 Å². The lowest BCUT2D eigenvalue weighted by Crippen LogP contribution is -2.15. The molecule has 1 aromatic heterocycles. The summed E-state index contributed by atoms with van der Waals surface area (Å²) in [6, 6.07) is 6.97. The van der Waals surface area contributed by atoms with Crippen LogP contribution in [-0.2, 0) is 12.0 Å². The van der Waals surface area contributed by atoms with Crippen LogP contribution >= 0.6 is 11.3 Å². The van der Waals surface area contributed by atoms with Gasteiger partial charge in [-0.15, -0.1) is 11.3 Å². The third kappa shape index (κ3) is 2.85. The average molecular weight is 275 g/mol. The smallest absolute Gasteiger partial charge is 0.0349 e. The molecule has 0 saturated carbocycles. The lowest BCUT2D eigenvalue weighted by atomic mass is 9.84. The fourth-order valence-electron chi connectivity index (χ4n) is 2.63. The monoisotopic (exact) mass is 275 g/mol. The zero-order valence-electron chi connectivity index (χ0n) is 12.9. The van der Waals surface area contributed by atoms with Gasteiger partial charge in [0, 0.05) is 16.1 Å². The maximum absolute atomic E-state index is 3.31. The third-order valence-electron chi connectivity index (χ3n) is 3.54. The lowest BCUT2D eigenvalue weighted by Gasteiger charge is -2.21. The first-order chi connectivity index (χ1) is 8.84. The molecule has 104 valence electrons. The van der Waals surface area contributed by atoms with E-state index in [9.17, 15) is 0 Å². The molecule has 0 unspecified atom stereocenters. The van der Waals surface area contributed by atoms with E-state index in [0.29, 0.717) is 5.92 Å². The Bertz CT molecular complexity index is 573. The molecule has 0 aliphatic carbocycles. The van der Waals surface area contributed by atoms with E-state index in [2.05, 4.69) is 58.1 Å². The molecule has 19 heavy (non-hydrogen) atoms. The zero-order valence-corrected chi connectivity index (χ0v) is 13.7. The fraction of sp³-hybridized carbons (Fsp3) is 0.529. The minimum absolute atomic E-state index is 0.194. The van der Waals surface area contributed by atoms with Crippen molar-refractivity contribution in [3.05, 3.63) is 34.2 Å². The van der Waals surface area contributed by atoms with Gasteiger partial charge in [-0.3, -0.25) is 0 Å². The number of hydrogen-bond acceptors (Lipinski definition) is 2. The molecule has 0 amide bonds. The quantitative estimate of drug-likeness (QED) is 0.827. The van der Waals surface area contributed by atoms with Crippen LogP contribution in [0.2, 0.25) is 0 Å². The van der Waals surface area contributed by atoms with Gasteiger partial charge in [-0.25, -0.2) is 0 Å². The second kappa shape index (κ2) is 5.26. The van der Waals surface area contributed by atoms with Crippen molar-refractivity contribution >= 4 is 21.4 Å². The molecule has 1 aromatic carbocycles. The summed E-state index contributed by atoms with van der Waals surface area (Å²) in [4.78, 5) is 1.48. The maximum Gasteiger partial charge on any atom is 0.0349 e. The van der Waals surface area contributed by atoms with Crippen molar-refractivity contribution in [2.24, 2.45) is 0 Å². The zero-order chi connectivity index (χ0) is 14.2. The van der Waals surface area contributed by atoms with Gasteiger partial charge in [0.15, 0.2) is 0 Å². The van der Waals surface area contributed by atoms with Crippen molar-refractivity contribution in [2.75, 3.05) is 7.05 Å². The van der Waals surface area contributed by atoms with Crippen molar-refractivity contribution < 1.29 is 0 Å². The fourth-order valence-corrected chi connectivity index (χ4v) is 4.04. The van der Waals surface area contributed by atoms with Crippen LogP contribution in [0.25, 0.3) is 10.1 Å². The van der Waals surface area contributed by atoms with Crippen molar-refractivity contribution in [3.8, 4) is 0 Å². The molecule has 0 aliphatic rings. The van der Waals surface area contributed by atoms with E-state index in [1.54, 1.807) is 0 Å². The first-order valence-corrected chi connectivity index (χ1v) is 7.86. The van der Waals surface area contributed by atoms with Gasteiger partial charge >= 0.3 is 0 Å². The van der Waals surface area contributed by atoms with Gasteiger partial charge in [-0.05, 0) is 47.0 Å². The van der Waals surface area contributed by atoms with Crippen LogP contribution in [0.3, 0.4) is 0 Å². The molecular formula is C17H25NS. The molecule has 0 spiro atoms. The van der Waals surface area contributed by atoms with Gasteiger partial charge in [0.2, 0.25) is 0 Å². The molecule has 2 heteroatoms. The van der Waals surface area contributed by atoms with Gasteiger partial charge in [0.05, 0.1) is 0 Å². The molecule has 1 nitrogen and oxygen atoms in total. The lowest BCUT2D eigenvalue weighted by molar-refractivity contribution is 0.588. The predicted octanol–water partition coefficient (Wildman–Crippen LogP) is 5.04. The minimum atomic E-state index is 0.194. The molecule has 0 fully saturated rings. The summed E-state index contributed by atoms with van der Waals surface area (Å²) in [5.41, 5.74) is 3.15. The second-order valence-electron chi connectivity index (χ2n) is 6.59. The van der Waals surface area contributed by atoms with E-state index in [0.717, 1.165) is 6.54 Å². The summed E-state index contributed by atoms with van der Waals surface area (Å²) in [6.07, 6.45) is 0. The van der Waals surface area contributed by atoms with Crippen molar-refractivity contribution in [2.45, 2.75) is 52.5 Å². The highest BCUT2D eigenvalue weighted by Crippen LogP contribution is 2.40. The van der Waals surface area contributed by atoms with Gasteiger partial charge in [0.25, 0.3) is 0 Å². The Morgan fingerprint density at radius 3 is 2.42 bits per heavy atom. The molecule has 0 bridgehead atoms. The highest BCUT2D eigenvalue weighted by atomic mass is 32.1. The Kier molecular flexibility index (Phi) is 4.03. The van der Waals surface area contributed by atoms with Crippen molar-refractivity contribution in [3.63, 3.8) is 0 Å². The largest absolute Gasteiger partial charge is 0.315 e. The maximum atomic E-state index is 3.31. The number of benzene rings is 1. The number of hydrogen-bond donors (Lipinski definition) is 1. The predicted molar refractivity (Wildman–Crippen MR) is 87.4 cm³/mol. The summed E-state index contributed by atoms with van der Waals surface area (Å²) < 4.78 is 1.42. The average Bonchev–Trinajstić information content (AvgIpc) is 2.65. The molecule has 2 rings (SSSR count).